The number of nitrogens with zero attached hydrogens (tertiary/aromatic N) is 1. The van der Waals surface area contributed by atoms with E-state index in [9.17, 15) is 4.79 Å². The van der Waals surface area contributed by atoms with Crippen molar-refractivity contribution < 1.29 is 9.53 Å². The number of fused-ring (bicyclic) bond motifs is 1. The van der Waals surface area contributed by atoms with Gasteiger partial charge < -0.3 is 4.74 Å². The number of H-pyrrole nitrogens is 1. The van der Waals surface area contributed by atoms with Crippen molar-refractivity contribution >= 4 is 5.97 Å². The Balaban J connectivity index is 1.60. The van der Waals surface area contributed by atoms with Gasteiger partial charge in [-0.2, -0.15) is 5.10 Å². The molecule has 0 fully saturated rings. The first-order valence-corrected chi connectivity index (χ1v) is 7.68. The number of para-hydroxylation sites is 1. The summed E-state index contributed by atoms with van der Waals surface area (Å²) < 4.78 is 5.59. The summed E-state index contributed by atoms with van der Waals surface area (Å²) in [4.78, 5) is 12.2. The Morgan fingerprint density at radius 1 is 1.00 bits per heavy atom. The Hall–Kier alpha value is -2.88. The van der Waals surface area contributed by atoms with Crippen LogP contribution >= 0.6 is 0 Å². The van der Waals surface area contributed by atoms with Gasteiger partial charge in [0.05, 0.1) is 0 Å². The summed E-state index contributed by atoms with van der Waals surface area (Å²) in [5.41, 5.74) is 4.20. The molecule has 0 spiro atoms. The second-order valence-corrected chi connectivity index (χ2v) is 5.77. The van der Waals surface area contributed by atoms with Crippen LogP contribution in [0.1, 0.15) is 33.1 Å². The van der Waals surface area contributed by atoms with Crippen LogP contribution in [0.4, 0.5) is 0 Å². The first kappa shape index (κ1) is 13.8. The van der Waals surface area contributed by atoms with Crippen molar-refractivity contribution in [1.82, 2.24) is 10.2 Å². The lowest BCUT2D eigenvalue weighted by atomic mass is 9.95. The van der Waals surface area contributed by atoms with Gasteiger partial charge in [-0.1, -0.05) is 42.5 Å². The van der Waals surface area contributed by atoms with Gasteiger partial charge >= 0.3 is 5.97 Å². The minimum atomic E-state index is -0.412. The number of aromatic nitrogens is 2. The molecular weight excluding hydrogens is 288 g/mol. The van der Waals surface area contributed by atoms with E-state index in [2.05, 4.69) is 34.5 Å². The maximum atomic E-state index is 12.2. The van der Waals surface area contributed by atoms with Gasteiger partial charge in [0.1, 0.15) is 11.4 Å². The van der Waals surface area contributed by atoms with E-state index >= 15 is 0 Å². The van der Waals surface area contributed by atoms with Gasteiger partial charge in [-0.3, -0.25) is 5.10 Å². The molecule has 1 aromatic heterocycles. The first-order chi connectivity index (χ1) is 11.3. The van der Waals surface area contributed by atoms with Crippen LogP contribution in [0.5, 0.6) is 5.75 Å². The fourth-order valence-corrected chi connectivity index (χ4v) is 3.21. The quantitative estimate of drug-likeness (QED) is 0.595. The molecular formula is C19H16N2O2. The highest BCUT2D eigenvalue weighted by molar-refractivity contribution is 5.89. The van der Waals surface area contributed by atoms with Crippen molar-refractivity contribution in [2.75, 3.05) is 0 Å². The van der Waals surface area contributed by atoms with Crippen molar-refractivity contribution in [1.29, 1.82) is 0 Å². The highest BCUT2D eigenvalue weighted by Crippen LogP contribution is 2.38. The standard InChI is InChI=1S/C19H16N2O2/c22-19(17-9-10-20-21-17)23-18-8-4-3-7-16(18)15-11-13-5-1-2-6-14(13)12-15/h1-10,15H,11-12H2,(H,20,21). The fourth-order valence-electron chi connectivity index (χ4n) is 3.21. The molecule has 23 heavy (non-hydrogen) atoms. The summed E-state index contributed by atoms with van der Waals surface area (Å²) in [5.74, 6) is 0.563. The zero-order chi connectivity index (χ0) is 15.6. The number of rotatable bonds is 3. The molecule has 4 rings (SSSR count). The molecule has 0 aliphatic heterocycles. The average Bonchev–Trinajstić information content (AvgIpc) is 3.25. The number of esters is 1. The van der Waals surface area contributed by atoms with Crippen molar-refractivity contribution in [2.24, 2.45) is 0 Å². The molecule has 1 heterocycles. The van der Waals surface area contributed by atoms with Crippen LogP contribution < -0.4 is 4.74 Å². The van der Waals surface area contributed by atoms with Gasteiger partial charge in [0.15, 0.2) is 0 Å². The third-order valence-electron chi connectivity index (χ3n) is 4.33. The van der Waals surface area contributed by atoms with E-state index in [0.29, 0.717) is 17.4 Å². The van der Waals surface area contributed by atoms with Gasteiger partial charge in [-0.25, -0.2) is 4.79 Å². The summed E-state index contributed by atoms with van der Waals surface area (Å²) in [6.45, 7) is 0. The smallest absolute Gasteiger partial charge is 0.361 e. The molecule has 0 bridgehead atoms. The van der Waals surface area contributed by atoms with Crippen LogP contribution in [0.15, 0.2) is 60.8 Å². The van der Waals surface area contributed by atoms with E-state index in [1.54, 1.807) is 6.07 Å². The van der Waals surface area contributed by atoms with Crippen LogP contribution in [0.3, 0.4) is 0 Å². The van der Waals surface area contributed by atoms with E-state index < -0.39 is 5.97 Å². The highest BCUT2D eigenvalue weighted by Gasteiger charge is 2.25. The molecule has 3 aromatic rings. The van der Waals surface area contributed by atoms with E-state index in [1.807, 2.05) is 24.3 Å². The molecule has 114 valence electrons. The van der Waals surface area contributed by atoms with Crippen molar-refractivity contribution in [2.45, 2.75) is 18.8 Å². The lowest BCUT2D eigenvalue weighted by Crippen LogP contribution is -2.11. The molecule has 2 aromatic carbocycles. The predicted molar refractivity (Wildman–Crippen MR) is 86.6 cm³/mol. The normalized spacial score (nSPS) is 13.7. The second kappa shape index (κ2) is 5.72. The van der Waals surface area contributed by atoms with Crippen molar-refractivity contribution in [3.63, 3.8) is 0 Å². The van der Waals surface area contributed by atoms with Gasteiger partial charge in [-0.05, 0) is 47.6 Å². The number of nitrogens with one attached hydrogen (secondary N) is 1. The fraction of sp³-hybridized carbons (Fsp3) is 0.158. The third kappa shape index (κ3) is 2.63. The van der Waals surface area contributed by atoms with Crippen LogP contribution in [0.2, 0.25) is 0 Å². The number of carbonyl (C=O) groups excluding carboxylic acids is 1. The molecule has 4 nitrogen and oxygen atoms in total. The summed E-state index contributed by atoms with van der Waals surface area (Å²) in [7, 11) is 0. The molecule has 1 aliphatic carbocycles. The summed E-state index contributed by atoms with van der Waals surface area (Å²) in [6.07, 6.45) is 3.50. The molecule has 0 radical (unpaired) electrons. The van der Waals surface area contributed by atoms with E-state index in [0.717, 1.165) is 18.4 Å². The minimum absolute atomic E-state index is 0.346. The largest absolute Gasteiger partial charge is 0.422 e. The van der Waals surface area contributed by atoms with E-state index in [-0.39, 0.29) is 0 Å². The number of aromatic amines is 1. The number of benzene rings is 2. The first-order valence-electron chi connectivity index (χ1n) is 7.68. The van der Waals surface area contributed by atoms with Gasteiger partial charge in [-0.15, -0.1) is 0 Å². The van der Waals surface area contributed by atoms with Gasteiger partial charge in [0.25, 0.3) is 0 Å². The van der Waals surface area contributed by atoms with Crippen LogP contribution in [-0.4, -0.2) is 16.2 Å². The SMILES string of the molecule is O=C(Oc1ccccc1C1Cc2ccccc2C1)c1ccn[nH]1. The average molecular weight is 304 g/mol. The second-order valence-electron chi connectivity index (χ2n) is 5.77. The topological polar surface area (TPSA) is 55.0 Å². The molecule has 4 heteroatoms. The number of hydrogen-bond donors (Lipinski definition) is 1. The third-order valence-corrected chi connectivity index (χ3v) is 4.33. The van der Waals surface area contributed by atoms with Crippen LogP contribution in [-0.2, 0) is 12.8 Å². The predicted octanol–water partition coefficient (Wildman–Crippen LogP) is 3.51. The van der Waals surface area contributed by atoms with Gasteiger partial charge in [0.2, 0.25) is 0 Å². The van der Waals surface area contributed by atoms with Gasteiger partial charge in [0, 0.05) is 6.20 Å². The monoisotopic (exact) mass is 304 g/mol. The minimum Gasteiger partial charge on any atom is -0.422 e. The lowest BCUT2D eigenvalue weighted by molar-refractivity contribution is 0.0726. The molecule has 0 atom stereocenters. The molecule has 0 saturated carbocycles. The Morgan fingerprint density at radius 3 is 2.39 bits per heavy atom. The zero-order valence-electron chi connectivity index (χ0n) is 12.5. The molecule has 0 saturated heterocycles. The summed E-state index contributed by atoms with van der Waals surface area (Å²) in [5, 5.41) is 6.42. The maximum Gasteiger partial charge on any atom is 0.361 e. The molecule has 1 N–H and O–H groups in total. The van der Waals surface area contributed by atoms with E-state index in [4.69, 9.17) is 4.74 Å². The van der Waals surface area contributed by atoms with Crippen LogP contribution in [0, 0.1) is 0 Å². The van der Waals surface area contributed by atoms with Crippen molar-refractivity contribution in [3.8, 4) is 5.75 Å². The Kier molecular flexibility index (Phi) is 3.42. The van der Waals surface area contributed by atoms with E-state index in [1.165, 1.54) is 17.3 Å². The summed E-state index contributed by atoms with van der Waals surface area (Å²) in [6, 6.07) is 17.9. The highest BCUT2D eigenvalue weighted by atomic mass is 16.5. The molecule has 1 aliphatic rings. The maximum absolute atomic E-state index is 12.2. The van der Waals surface area contributed by atoms with Crippen LogP contribution in [0.25, 0.3) is 0 Å². The summed E-state index contributed by atoms with van der Waals surface area (Å²) >= 11 is 0. The molecule has 0 unspecified atom stereocenters. The molecule has 0 amide bonds. The Bertz CT molecular complexity index is 815. The Morgan fingerprint density at radius 2 is 1.70 bits per heavy atom. The lowest BCUT2D eigenvalue weighted by Gasteiger charge is -2.14. The Labute approximate surface area is 134 Å². The number of carbonyl (C=O) groups is 1. The zero-order valence-corrected chi connectivity index (χ0v) is 12.5. The van der Waals surface area contributed by atoms with Crippen molar-refractivity contribution in [3.05, 3.63) is 83.2 Å². The number of ether oxygens (including phenoxy) is 1. The number of hydrogen-bond acceptors (Lipinski definition) is 3.